The van der Waals surface area contributed by atoms with Gasteiger partial charge in [0, 0.05) is 33.6 Å². The van der Waals surface area contributed by atoms with E-state index in [4.69, 9.17) is 29.2 Å². The van der Waals surface area contributed by atoms with Crippen molar-refractivity contribution in [1.82, 2.24) is 0 Å². The number of para-hydroxylation sites is 4. The monoisotopic (exact) mass is 948 g/mol. The third-order valence-corrected chi connectivity index (χ3v) is 12.1. The van der Waals surface area contributed by atoms with Gasteiger partial charge in [-0.1, -0.05) is 158 Å². The minimum absolute atomic E-state index is 0.0861. The van der Waals surface area contributed by atoms with Crippen LogP contribution in [0.3, 0.4) is 0 Å². The smallest absolute Gasteiger partial charge is 0.348 e. The molecule has 4 aliphatic heterocycles. The number of benzene rings is 7. The number of hydrazone groups is 2. The number of rotatable bonds is 10. The van der Waals surface area contributed by atoms with Gasteiger partial charge in [-0.15, -0.1) is 10.2 Å². The van der Waals surface area contributed by atoms with Crippen molar-refractivity contribution in [3.63, 3.8) is 0 Å². The number of ether oxygens (including phenoxy) is 4. The summed E-state index contributed by atoms with van der Waals surface area (Å²) in [5.41, 5.74) is 4.12. The first-order valence-electron chi connectivity index (χ1n) is 22.7. The Hall–Kier alpha value is -10.1. The van der Waals surface area contributed by atoms with E-state index < -0.39 is 23.9 Å². The molecule has 4 heterocycles. The molecule has 0 fully saturated rings. The van der Waals surface area contributed by atoms with E-state index in [9.17, 15) is 19.2 Å². The van der Waals surface area contributed by atoms with Crippen molar-refractivity contribution in [3.05, 3.63) is 262 Å². The third-order valence-electron chi connectivity index (χ3n) is 12.1. The fraction of sp³-hybridized carbons (Fsp3) is 0.0345. The first-order chi connectivity index (χ1) is 35.3. The molecule has 0 atom stereocenters. The van der Waals surface area contributed by atoms with Crippen molar-refractivity contribution < 1.29 is 38.1 Å². The zero-order valence-corrected chi connectivity index (χ0v) is 38.6. The molecule has 0 saturated carbocycles. The van der Waals surface area contributed by atoms with Crippen molar-refractivity contribution in [2.24, 2.45) is 10.2 Å². The average molecular weight is 949 g/mol. The SMILES string of the molecule is COC(=O)C1=C(c2ccc(C3=C(C(=O)OC)/C(=C4\N(c5ccccc5)N=C(c5ccccc5)N4c4ccccc4)C(=O)O3)cc2)OC(=O)/C1=C1/N(c2ccccc2)N=C(c2ccccc2)N1c1ccccc1. The molecule has 7 aromatic carbocycles. The van der Waals surface area contributed by atoms with Gasteiger partial charge in [-0.3, -0.25) is 9.80 Å². The van der Waals surface area contributed by atoms with Crippen LogP contribution >= 0.6 is 0 Å². The highest BCUT2D eigenvalue weighted by Crippen LogP contribution is 2.45. The second kappa shape index (κ2) is 18.8. The summed E-state index contributed by atoms with van der Waals surface area (Å²) in [6.07, 6.45) is 0. The van der Waals surface area contributed by atoms with E-state index in [0.717, 1.165) is 11.1 Å². The second-order valence-electron chi connectivity index (χ2n) is 16.4. The molecule has 14 nitrogen and oxygen atoms in total. The van der Waals surface area contributed by atoms with Crippen molar-refractivity contribution in [1.29, 1.82) is 0 Å². The van der Waals surface area contributed by atoms with Gasteiger partial charge >= 0.3 is 23.9 Å². The Morgan fingerprint density at radius 3 is 0.986 bits per heavy atom. The number of cyclic esters (lactones) is 2. The van der Waals surface area contributed by atoms with Crippen molar-refractivity contribution in [2.45, 2.75) is 0 Å². The predicted octanol–water partition coefficient (Wildman–Crippen LogP) is 9.77. The number of methoxy groups -OCH3 is 2. The number of hydrogen-bond acceptors (Lipinski definition) is 14. The zero-order valence-electron chi connectivity index (χ0n) is 38.6. The lowest BCUT2D eigenvalue weighted by Crippen LogP contribution is -2.32. The summed E-state index contributed by atoms with van der Waals surface area (Å²) in [4.78, 5) is 61.2. The third kappa shape index (κ3) is 7.74. The molecule has 0 unspecified atom stereocenters. The predicted molar refractivity (Wildman–Crippen MR) is 272 cm³/mol. The van der Waals surface area contributed by atoms with E-state index in [0.29, 0.717) is 45.5 Å². The maximum absolute atomic E-state index is 14.6. The van der Waals surface area contributed by atoms with Crippen molar-refractivity contribution in [3.8, 4) is 0 Å². The molecule has 0 radical (unpaired) electrons. The van der Waals surface area contributed by atoms with Gasteiger partial charge in [-0.05, 0) is 48.5 Å². The van der Waals surface area contributed by atoms with Gasteiger partial charge in [0.15, 0.2) is 34.8 Å². The summed E-state index contributed by atoms with van der Waals surface area (Å²) in [6, 6.07) is 62.6. The highest BCUT2D eigenvalue weighted by Gasteiger charge is 2.47. The molecule has 0 aliphatic carbocycles. The molecule has 7 aromatic rings. The van der Waals surface area contributed by atoms with Gasteiger partial charge < -0.3 is 18.9 Å². The number of hydrogen-bond donors (Lipinski definition) is 0. The van der Waals surface area contributed by atoms with E-state index in [2.05, 4.69) is 0 Å². The Morgan fingerprint density at radius 2 is 0.681 bits per heavy atom. The molecule has 0 spiro atoms. The summed E-state index contributed by atoms with van der Waals surface area (Å²) in [5, 5.41) is 13.4. The number of esters is 4. The van der Waals surface area contributed by atoms with Gasteiger partial charge in [-0.2, -0.15) is 0 Å². The Bertz CT molecular complexity index is 3250. The molecule has 0 saturated heterocycles. The zero-order chi connectivity index (χ0) is 49.3. The van der Waals surface area contributed by atoms with Gasteiger partial charge in [0.1, 0.15) is 22.3 Å². The number of anilines is 4. The minimum Gasteiger partial charge on any atom is -0.465 e. The topological polar surface area (TPSA) is 143 Å². The molecule has 4 aliphatic rings. The van der Waals surface area contributed by atoms with Crippen LogP contribution in [-0.2, 0) is 38.1 Å². The lowest BCUT2D eigenvalue weighted by molar-refractivity contribution is -0.136. The van der Waals surface area contributed by atoms with Gasteiger partial charge in [-0.25, -0.2) is 29.2 Å². The fourth-order valence-electron chi connectivity index (χ4n) is 8.89. The molecule has 11 rings (SSSR count). The number of carbonyl (C=O) groups excluding carboxylic acids is 4. The molecule has 72 heavy (non-hydrogen) atoms. The highest BCUT2D eigenvalue weighted by atomic mass is 16.6. The summed E-state index contributed by atoms with van der Waals surface area (Å²) in [6.45, 7) is 0. The van der Waals surface area contributed by atoms with E-state index in [1.807, 2.05) is 192 Å². The molecular weight excluding hydrogens is 909 g/mol. The first-order valence-corrected chi connectivity index (χ1v) is 22.7. The van der Waals surface area contributed by atoms with E-state index in [-0.39, 0.29) is 45.5 Å². The molecule has 0 N–H and O–H groups in total. The van der Waals surface area contributed by atoms with Gasteiger partial charge in [0.2, 0.25) is 0 Å². The normalized spacial score (nSPS) is 17.6. The van der Waals surface area contributed by atoms with Crippen LogP contribution in [0.1, 0.15) is 22.3 Å². The van der Waals surface area contributed by atoms with Gasteiger partial charge in [0.05, 0.1) is 25.6 Å². The maximum atomic E-state index is 14.6. The van der Waals surface area contributed by atoms with Crippen LogP contribution in [0.4, 0.5) is 22.7 Å². The summed E-state index contributed by atoms with van der Waals surface area (Å²) < 4.78 is 23.0. The van der Waals surface area contributed by atoms with Crippen molar-refractivity contribution in [2.75, 3.05) is 34.0 Å². The summed E-state index contributed by atoms with van der Waals surface area (Å²) >= 11 is 0. The second-order valence-corrected chi connectivity index (χ2v) is 16.4. The number of amidine groups is 2. The number of carbonyl (C=O) groups is 4. The Balaban J connectivity index is 1.08. The van der Waals surface area contributed by atoms with Crippen LogP contribution in [0.2, 0.25) is 0 Å². The highest BCUT2D eigenvalue weighted by molar-refractivity contribution is 6.23. The van der Waals surface area contributed by atoms with E-state index in [1.54, 1.807) is 34.3 Å². The average Bonchev–Trinajstić information content (AvgIpc) is 4.22. The first kappa shape index (κ1) is 44.4. The molecule has 0 amide bonds. The van der Waals surface area contributed by atoms with Crippen molar-refractivity contribution >= 4 is 69.8 Å². The van der Waals surface area contributed by atoms with E-state index in [1.165, 1.54) is 14.2 Å². The van der Waals surface area contributed by atoms with E-state index >= 15 is 0 Å². The van der Waals surface area contributed by atoms with Crippen LogP contribution in [0.25, 0.3) is 11.5 Å². The van der Waals surface area contributed by atoms with Crippen LogP contribution in [0, 0.1) is 0 Å². The molecule has 0 aromatic heterocycles. The lowest BCUT2D eigenvalue weighted by Gasteiger charge is -2.26. The molecule has 14 heteroatoms. The molecule has 350 valence electrons. The Kier molecular flexibility index (Phi) is 11.6. The van der Waals surface area contributed by atoms with Crippen LogP contribution < -0.4 is 19.8 Å². The van der Waals surface area contributed by atoms with Crippen LogP contribution in [0.15, 0.2) is 250 Å². The largest absolute Gasteiger partial charge is 0.465 e. The Labute approximate surface area is 413 Å². The molecular formula is C58H40N6O8. The van der Waals surface area contributed by atoms with Gasteiger partial charge in [0.25, 0.3) is 0 Å². The summed E-state index contributed by atoms with van der Waals surface area (Å²) in [7, 11) is 2.45. The van der Waals surface area contributed by atoms with Crippen LogP contribution in [0.5, 0.6) is 0 Å². The number of nitrogens with zero attached hydrogens (tertiary/aromatic N) is 6. The fourth-order valence-corrected chi connectivity index (χ4v) is 8.89. The standard InChI is InChI=1S/C58H40N6O8/c1-69-55(65)45-47(53-61(41-25-13-5-14-26-41)51(39-21-9-3-10-22-39)59-63(53)43-29-17-7-18-30-43)57(67)71-49(45)37-33-35-38(36-34-37)50-46(56(66)70-2)48(58(68)72-50)54-62(42-27-15-6-16-28-42)52(40-23-11-4-12-24-40)60-64(54)44-31-19-8-20-32-44/h3-36H,1-2H3/b53-47+,54-48+. The minimum atomic E-state index is -0.840. The lowest BCUT2D eigenvalue weighted by atomic mass is 9.99. The molecule has 0 bridgehead atoms. The maximum Gasteiger partial charge on any atom is 0.348 e. The quantitative estimate of drug-likeness (QED) is 0.0732. The summed E-state index contributed by atoms with van der Waals surface area (Å²) in [5.74, 6) is -2.08. The Morgan fingerprint density at radius 1 is 0.389 bits per heavy atom. The van der Waals surface area contributed by atoms with Crippen LogP contribution in [-0.4, -0.2) is 49.8 Å².